The van der Waals surface area contributed by atoms with E-state index in [0.717, 1.165) is 32.6 Å². The van der Waals surface area contributed by atoms with Gasteiger partial charge in [0.1, 0.15) is 0 Å². The number of carbonyl (C=O) groups is 4. The van der Waals surface area contributed by atoms with E-state index in [0.29, 0.717) is 5.69 Å². The third-order valence-corrected chi connectivity index (χ3v) is 4.04. The Morgan fingerprint density at radius 1 is 1.03 bits per heavy atom. The van der Waals surface area contributed by atoms with Crippen molar-refractivity contribution in [2.24, 2.45) is 0 Å². The molecule has 1 aromatic rings. The van der Waals surface area contributed by atoms with E-state index >= 15 is 0 Å². The first-order chi connectivity index (χ1) is 14.2. The number of ether oxygens (including phenoxy) is 5. The van der Waals surface area contributed by atoms with Crippen molar-refractivity contribution < 1.29 is 48.0 Å². The van der Waals surface area contributed by atoms with Crippen molar-refractivity contribution >= 4 is 23.9 Å². The molecule has 2 rings (SSSR count). The zero-order valence-corrected chi connectivity index (χ0v) is 16.8. The summed E-state index contributed by atoms with van der Waals surface area (Å²) in [6.45, 7) is 3.12. The Labute approximate surface area is 171 Å². The molecule has 1 aromatic heterocycles. The molecule has 13 heteroatoms. The summed E-state index contributed by atoms with van der Waals surface area (Å²) in [5.41, 5.74) is 0.392. The molecule has 1 saturated heterocycles. The third-order valence-electron chi connectivity index (χ3n) is 4.04. The monoisotopic (exact) mass is 429 g/mol. The molecule has 1 N–H and O–H groups in total. The molecule has 0 aromatic carbocycles. The normalized spacial score (nSPS) is 25.8. The first-order valence-corrected chi connectivity index (χ1v) is 8.94. The highest BCUT2D eigenvalue weighted by Crippen LogP contribution is 2.34. The molecule has 0 amide bonds. The molecule has 1 aliphatic rings. The van der Waals surface area contributed by atoms with Crippen LogP contribution in [0.15, 0.2) is 6.20 Å². The van der Waals surface area contributed by atoms with Crippen molar-refractivity contribution in [3.8, 4) is 0 Å². The minimum atomic E-state index is -1.52. The maximum Gasteiger partial charge on any atom is 0.339 e. The van der Waals surface area contributed by atoms with Crippen molar-refractivity contribution in [2.75, 3.05) is 13.7 Å². The van der Waals surface area contributed by atoms with Gasteiger partial charge in [0, 0.05) is 33.8 Å². The van der Waals surface area contributed by atoms with E-state index in [1.54, 1.807) is 0 Å². The standard InChI is InChI=1S/C17H23N3O10/c1-8(22)27-12-13(28-9(2)23)15(17(25)26-4)30-16(14(12)29-10(3)24)20-7-11(5-6-21)18-19-20/h7,12-16,21H,5-6H2,1-4H3/t12-,13-,14+,15-,16+/m0/s1. The zero-order chi connectivity index (χ0) is 22.4. The summed E-state index contributed by atoms with van der Waals surface area (Å²) in [6.07, 6.45) is -5.43. The second kappa shape index (κ2) is 10.1. The van der Waals surface area contributed by atoms with Gasteiger partial charge in [-0.05, 0) is 0 Å². The van der Waals surface area contributed by atoms with Crippen LogP contribution in [0.4, 0.5) is 0 Å². The molecule has 0 radical (unpaired) electrons. The van der Waals surface area contributed by atoms with Crippen molar-refractivity contribution in [1.82, 2.24) is 15.0 Å². The molecule has 5 atom stereocenters. The number of methoxy groups -OCH3 is 1. The highest BCUT2D eigenvalue weighted by Gasteiger charge is 2.55. The van der Waals surface area contributed by atoms with Gasteiger partial charge in [-0.3, -0.25) is 14.4 Å². The van der Waals surface area contributed by atoms with Crippen LogP contribution < -0.4 is 0 Å². The number of aliphatic hydroxyl groups excluding tert-OH is 1. The van der Waals surface area contributed by atoms with Gasteiger partial charge in [0.05, 0.1) is 19.0 Å². The molecule has 1 aliphatic heterocycles. The Morgan fingerprint density at radius 3 is 2.13 bits per heavy atom. The number of rotatable bonds is 7. The molecule has 30 heavy (non-hydrogen) atoms. The topological polar surface area (TPSA) is 165 Å². The fraction of sp³-hybridized carbons (Fsp3) is 0.647. The van der Waals surface area contributed by atoms with Gasteiger partial charge < -0.3 is 28.8 Å². The third kappa shape index (κ3) is 5.51. The average molecular weight is 429 g/mol. The van der Waals surface area contributed by atoms with Crippen LogP contribution >= 0.6 is 0 Å². The van der Waals surface area contributed by atoms with Crippen LogP contribution in [0.1, 0.15) is 32.7 Å². The van der Waals surface area contributed by atoms with E-state index < -0.39 is 54.5 Å². The maximum atomic E-state index is 12.3. The SMILES string of the molecule is COC(=O)[C@H]1O[C@@H](n2cc(CCO)nn2)[C@H](OC(C)=O)[C@@H](OC(C)=O)[C@@H]1OC(C)=O. The lowest BCUT2D eigenvalue weighted by Crippen LogP contribution is -2.61. The maximum absolute atomic E-state index is 12.3. The van der Waals surface area contributed by atoms with Crippen LogP contribution in [-0.4, -0.2) is 82.1 Å². The summed E-state index contributed by atoms with van der Waals surface area (Å²) in [7, 11) is 1.10. The molecule has 0 saturated carbocycles. The lowest BCUT2D eigenvalue weighted by Gasteiger charge is -2.43. The Kier molecular flexibility index (Phi) is 7.83. The van der Waals surface area contributed by atoms with E-state index in [9.17, 15) is 19.2 Å². The van der Waals surface area contributed by atoms with Crippen LogP contribution in [0.2, 0.25) is 0 Å². The number of carbonyl (C=O) groups excluding carboxylic acids is 4. The average Bonchev–Trinajstić information content (AvgIpc) is 3.11. The lowest BCUT2D eigenvalue weighted by atomic mass is 9.97. The molecule has 0 unspecified atom stereocenters. The summed E-state index contributed by atoms with van der Waals surface area (Å²) in [5.74, 6) is -3.24. The first kappa shape index (κ1) is 23.2. The van der Waals surface area contributed by atoms with E-state index in [4.69, 9.17) is 28.8 Å². The van der Waals surface area contributed by atoms with E-state index in [1.165, 1.54) is 6.20 Å². The smallest absolute Gasteiger partial charge is 0.339 e. The van der Waals surface area contributed by atoms with Gasteiger partial charge >= 0.3 is 23.9 Å². The van der Waals surface area contributed by atoms with Gasteiger partial charge in [-0.1, -0.05) is 5.21 Å². The summed E-state index contributed by atoms with van der Waals surface area (Å²) in [5, 5.41) is 16.8. The quantitative estimate of drug-likeness (QED) is 0.402. The predicted molar refractivity (Wildman–Crippen MR) is 93.4 cm³/mol. The molecule has 2 heterocycles. The second-order valence-corrected chi connectivity index (χ2v) is 6.36. The summed E-state index contributed by atoms with van der Waals surface area (Å²) < 4.78 is 27.3. The zero-order valence-electron chi connectivity index (χ0n) is 16.8. The first-order valence-electron chi connectivity index (χ1n) is 8.94. The van der Waals surface area contributed by atoms with Gasteiger partial charge in [0.25, 0.3) is 0 Å². The van der Waals surface area contributed by atoms with E-state index in [-0.39, 0.29) is 13.0 Å². The van der Waals surface area contributed by atoms with Gasteiger partial charge in [0.15, 0.2) is 30.6 Å². The molecule has 0 aliphatic carbocycles. The van der Waals surface area contributed by atoms with Gasteiger partial charge in [0.2, 0.25) is 0 Å². The summed E-state index contributed by atoms with van der Waals surface area (Å²) in [4.78, 5) is 47.4. The Morgan fingerprint density at radius 2 is 1.60 bits per heavy atom. The number of aliphatic hydroxyl groups is 1. The fourth-order valence-electron chi connectivity index (χ4n) is 2.98. The number of esters is 4. The second-order valence-electron chi connectivity index (χ2n) is 6.36. The predicted octanol–water partition coefficient (Wildman–Crippen LogP) is -1.32. The Balaban J connectivity index is 2.54. The van der Waals surface area contributed by atoms with Crippen LogP contribution in [-0.2, 0) is 49.3 Å². The van der Waals surface area contributed by atoms with Gasteiger partial charge in [-0.15, -0.1) is 5.10 Å². The van der Waals surface area contributed by atoms with Crippen molar-refractivity contribution in [3.05, 3.63) is 11.9 Å². The highest BCUT2D eigenvalue weighted by molar-refractivity contribution is 5.77. The van der Waals surface area contributed by atoms with Crippen molar-refractivity contribution in [3.63, 3.8) is 0 Å². The molecular weight excluding hydrogens is 406 g/mol. The lowest BCUT2D eigenvalue weighted by molar-refractivity contribution is -0.265. The van der Waals surface area contributed by atoms with Crippen LogP contribution in [0, 0.1) is 0 Å². The van der Waals surface area contributed by atoms with E-state index in [2.05, 4.69) is 10.3 Å². The molecule has 0 bridgehead atoms. The van der Waals surface area contributed by atoms with Crippen LogP contribution in [0.5, 0.6) is 0 Å². The van der Waals surface area contributed by atoms with Crippen LogP contribution in [0.25, 0.3) is 0 Å². The van der Waals surface area contributed by atoms with Crippen molar-refractivity contribution in [2.45, 2.75) is 57.8 Å². The van der Waals surface area contributed by atoms with E-state index in [1.807, 2.05) is 0 Å². The molecule has 0 spiro atoms. The Hall–Kier alpha value is -3.06. The molecular formula is C17H23N3O10. The van der Waals surface area contributed by atoms with Crippen LogP contribution in [0.3, 0.4) is 0 Å². The van der Waals surface area contributed by atoms with Gasteiger partial charge in [-0.25, -0.2) is 9.48 Å². The number of aromatic nitrogens is 3. The van der Waals surface area contributed by atoms with Gasteiger partial charge in [-0.2, -0.15) is 0 Å². The largest absolute Gasteiger partial charge is 0.467 e. The summed E-state index contributed by atoms with van der Waals surface area (Å²) >= 11 is 0. The summed E-state index contributed by atoms with van der Waals surface area (Å²) in [6, 6.07) is 0. The number of hydrogen-bond acceptors (Lipinski definition) is 12. The molecule has 13 nitrogen and oxygen atoms in total. The minimum Gasteiger partial charge on any atom is -0.467 e. The van der Waals surface area contributed by atoms with Crippen molar-refractivity contribution in [1.29, 1.82) is 0 Å². The fourth-order valence-corrected chi connectivity index (χ4v) is 2.98. The number of nitrogens with zero attached hydrogens (tertiary/aromatic N) is 3. The molecule has 1 fully saturated rings. The molecule has 166 valence electrons. The highest BCUT2D eigenvalue weighted by atomic mass is 16.7. The minimum absolute atomic E-state index is 0.188. The Bertz CT molecular complexity index is 795. The number of hydrogen-bond donors (Lipinski definition) is 1.